The zero-order valence-electron chi connectivity index (χ0n) is 18.2. The molecule has 0 spiro atoms. The Morgan fingerprint density at radius 3 is 2.27 bits per heavy atom. The Morgan fingerprint density at radius 1 is 1.00 bits per heavy atom. The van der Waals surface area contributed by atoms with Crippen LogP contribution < -0.4 is 27.4 Å². The maximum Gasteiger partial charge on any atom is 0.326 e. The van der Waals surface area contributed by atoms with Crippen molar-refractivity contribution in [2.24, 2.45) is 11.5 Å². The Morgan fingerprint density at radius 2 is 1.70 bits per heavy atom. The molecule has 0 unspecified atom stereocenters. The van der Waals surface area contributed by atoms with E-state index in [0.717, 1.165) is 0 Å². The zero-order chi connectivity index (χ0) is 25.0. The van der Waals surface area contributed by atoms with Crippen LogP contribution in [-0.4, -0.2) is 95.0 Å². The lowest BCUT2D eigenvalue weighted by Gasteiger charge is -2.26. The summed E-state index contributed by atoms with van der Waals surface area (Å²) in [4.78, 5) is 72.4. The van der Waals surface area contributed by atoms with Crippen LogP contribution in [0.1, 0.15) is 38.5 Å². The van der Waals surface area contributed by atoms with Gasteiger partial charge in [0.15, 0.2) is 0 Å². The van der Waals surface area contributed by atoms with E-state index in [4.69, 9.17) is 21.7 Å². The summed E-state index contributed by atoms with van der Waals surface area (Å²) >= 11 is 0. The number of hydrogen-bond acceptors (Lipinski definition) is 8. The van der Waals surface area contributed by atoms with E-state index in [1.807, 2.05) is 0 Å². The summed E-state index contributed by atoms with van der Waals surface area (Å²) in [5, 5.41) is 25.0. The number of amides is 4. The summed E-state index contributed by atoms with van der Waals surface area (Å²) in [6.45, 7) is -0.103. The van der Waals surface area contributed by atoms with E-state index in [1.54, 1.807) is 0 Å². The number of carbonyl (C=O) groups excluding carboxylic acids is 4. The zero-order valence-corrected chi connectivity index (χ0v) is 18.2. The highest BCUT2D eigenvalue weighted by atomic mass is 16.4. The second-order valence-electron chi connectivity index (χ2n) is 7.57. The van der Waals surface area contributed by atoms with Gasteiger partial charge in [-0.15, -0.1) is 0 Å². The fraction of sp³-hybridized carbons (Fsp3) is 0.684. The van der Waals surface area contributed by atoms with Gasteiger partial charge < -0.3 is 42.5 Å². The molecule has 1 fully saturated rings. The SMILES string of the molecule is NCCCC[C@H](NC(=O)CN)C(=O)NCC(=O)N1CCC[C@H]1C(=O)N[C@@H](CC(=O)O)C(=O)O. The number of hydrogen-bond donors (Lipinski definition) is 7. The minimum Gasteiger partial charge on any atom is -0.481 e. The highest BCUT2D eigenvalue weighted by molar-refractivity contribution is 5.94. The van der Waals surface area contributed by atoms with Crippen LogP contribution in [-0.2, 0) is 28.8 Å². The van der Waals surface area contributed by atoms with Gasteiger partial charge in [-0.05, 0) is 38.6 Å². The van der Waals surface area contributed by atoms with Gasteiger partial charge in [-0.2, -0.15) is 0 Å². The molecule has 1 aliphatic rings. The number of rotatable bonds is 14. The van der Waals surface area contributed by atoms with Crippen LogP contribution in [0.25, 0.3) is 0 Å². The highest BCUT2D eigenvalue weighted by Crippen LogP contribution is 2.18. The van der Waals surface area contributed by atoms with Crippen LogP contribution in [0.15, 0.2) is 0 Å². The molecule has 0 aromatic carbocycles. The Labute approximate surface area is 190 Å². The summed E-state index contributed by atoms with van der Waals surface area (Å²) < 4.78 is 0. The van der Waals surface area contributed by atoms with E-state index in [0.29, 0.717) is 32.2 Å². The predicted octanol–water partition coefficient (Wildman–Crippen LogP) is -3.29. The first-order valence-corrected chi connectivity index (χ1v) is 10.6. The van der Waals surface area contributed by atoms with Gasteiger partial charge >= 0.3 is 11.9 Å². The quantitative estimate of drug-likeness (QED) is 0.124. The van der Waals surface area contributed by atoms with Crippen molar-refractivity contribution in [1.29, 1.82) is 0 Å². The number of unbranched alkanes of at least 4 members (excludes halogenated alkanes) is 1. The average Bonchev–Trinajstić information content (AvgIpc) is 3.25. The molecule has 0 bridgehead atoms. The normalized spacial score (nSPS) is 17.0. The molecule has 1 heterocycles. The summed E-state index contributed by atoms with van der Waals surface area (Å²) in [5.41, 5.74) is 10.7. The van der Waals surface area contributed by atoms with E-state index >= 15 is 0 Å². The number of carboxylic acid groups (broad SMARTS) is 2. The molecule has 186 valence electrons. The Kier molecular flexibility index (Phi) is 11.8. The largest absolute Gasteiger partial charge is 0.481 e. The average molecular weight is 472 g/mol. The summed E-state index contributed by atoms with van der Waals surface area (Å²) in [5.74, 6) is -5.37. The molecular formula is C19H32N6O8. The van der Waals surface area contributed by atoms with E-state index in [1.165, 1.54) is 4.90 Å². The topological polar surface area (TPSA) is 234 Å². The van der Waals surface area contributed by atoms with Crippen LogP contribution in [0, 0.1) is 0 Å². The van der Waals surface area contributed by atoms with Crippen molar-refractivity contribution < 1.29 is 39.0 Å². The second-order valence-corrected chi connectivity index (χ2v) is 7.57. The first-order chi connectivity index (χ1) is 15.6. The van der Waals surface area contributed by atoms with Crippen molar-refractivity contribution in [3.05, 3.63) is 0 Å². The van der Waals surface area contributed by atoms with E-state index in [-0.39, 0.29) is 19.5 Å². The number of likely N-dealkylation sites (tertiary alicyclic amines) is 1. The number of nitrogens with zero attached hydrogens (tertiary/aromatic N) is 1. The van der Waals surface area contributed by atoms with Crippen molar-refractivity contribution in [3.8, 4) is 0 Å². The van der Waals surface area contributed by atoms with E-state index in [2.05, 4.69) is 16.0 Å². The van der Waals surface area contributed by atoms with Crippen molar-refractivity contribution in [2.45, 2.75) is 56.7 Å². The molecule has 9 N–H and O–H groups in total. The number of carbonyl (C=O) groups is 6. The highest BCUT2D eigenvalue weighted by Gasteiger charge is 2.36. The molecule has 14 heteroatoms. The first kappa shape index (κ1) is 27.8. The fourth-order valence-electron chi connectivity index (χ4n) is 3.38. The standard InChI is InChI=1S/C19H32N6O8/c20-6-2-1-4-11(23-14(26)9-21)17(30)22-10-15(27)25-7-3-5-13(25)18(31)24-12(19(32)33)8-16(28)29/h11-13H,1-10,20-21H2,(H,22,30)(H,23,26)(H,24,31)(H,28,29)(H,32,33)/t11-,12-,13-/m0/s1. The molecule has 0 saturated carbocycles. The predicted molar refractivity (Wildman–Crippen MR) is 113 cm³/mol. The van der Waals surface area contributed by atoms with Gasteiger partial charge in [0.05, 0.1) is 19.5 Å². The van der Waals surface area contributed by atoms with Crippen molar-refractivity contribution in [2.75, 3.05) is 26.2 Å². The molecule has 1 saturated heterocycles. The van der Waals surface area contributed by atoms with Gasteiger partial charge in [-0.1, -0.05) is 0 Å². The number of nitrogens with two attached hydrogens (primary N) is 2. The summed E-state index contributed by atoms with van der Waals surface area (Å²) in [7, 11) is 0. The van der Waals surface area contributed by atoms with Gasteiger partial charge in [0.25, 0.3) is 0 Å². The third-order valence-electron chi connectivity index (χ3n) is 5.07. The van der Waals surface area contributed by atoms with Crippen molar-refractivity contribution in [3.63, 3.8) is 0 Å². The molecule has 0 aromatic rings. The molecule has 3 atom stereocenters. The molecule has 4 amide bonds. The Hall–Kier alpha value is -3.26. The third-order valence-corrected chi connectivity index (χ3v) is 5.07. The van der Waals surface area contributed by atoms with Crippen molar-refractivity contribution in [1.82, 2.24) is 20.9 Å². The van der Waals surface area contributed by atoms with Crippen LogP contribution in [0.2, 0.25) is 0 Å². The fourth-order valence-corrected chi connectivity index (χ4v) is 3.38. The van der Waals surface area contributed by atoms with Gasteiger partial charge in [-0.3, -0.25) is 24.0 Å². The van der Waals surface area contributed by atoms with Crippen LogP contribution in [0.5, 0.6) is 0 Å². The van der Waals surface area contributed by atoms with Crippen molar-refractivity contribution >= 4 is 35.6 Å². The van der Waals surface area contributed by atoms with Gasteiger partial charge in [0, 0.05) is 6.54 Å². The molecular weight excluding hydrogens is 440 g/mol. The maximum absolute atomic E-state index is 12.6. The van der Waals surface area contributed by atoms with Crippen LogP contribution in [0.4, 0.5) is 0 Å². The van der Waals surface area contributed by atoms with Gasteiger partial charge in [-0.25, -0.2) is 4.79 Å². The van der Waals surface area contributed by atoms with Crippen LogP contribution in [0.3, 0.4) is 0 Å². The van der Waals surface area contributed by atoms with E-state index in [9.17, 15) is 28.8 Å². The lowest BCUT2D eigenvalue weighted by atomic mass is 10.1. The molecule has 33 heavy (non-hydrogen) atoms. The summed E-state index contributed by atoms with van der Waals surface area (Å²) in [6.07, 6.45) is 1.45. The lowest BCUT2D eigenvalue weighted by Crippen LogP contribution is -2.54. The third kappa shape index (κ3) is 9.41. The minimum absolute atomic E-state index is 0.216. The molecule has 0 aromatic heterocycles. The molecule has 0 aliphatic carbocycles. The number of nitrogens with one attached hydrogen (secondary N) is 3. The van der Waals surface area contributed by atoms with E-state index < -0.39 is 66.7 Å². The number of carboxylic acids is 2. The van der Waals surface area contributed by atoms with Gasteiger partial charge in [0.2, 0.25) is 23.6 Å². The van der Waals surface area contributed by atoms with Crippen LogP contribution >= 0.6 is 0 Å². The molecule has 1 rings (SSSR count). The summed E-state index contributed by atoms with van der Waals surface area (Å²) in [6, 6.07) is -3.51. The van der Waals surface area contributed by atoms with Gasteiger partial charge in [0.1, 0.15) is 18.1 Å². The Balaban J connectivity index is 2.70. The monoisotopic (exact) mass is 472 g/mol. The molecule has 1 aliphatic heterocycles. The maximum atomic E-state index is 12.6. The molecule has 14 nitrogen and oxygen atoms in total. The lowest BCUT2D eigenvalue weighted by molar-refractivity contribution is -0.148. The minimum atomic E-state index is -1.63. The first-order valence-electron chi connectivity index (χ1n) is 10.6. The number of aliphatic carboxylic acids is 2. The second kappa shape index (κ2) is 14.0. The Bertz CT molecular complexity index is 746. The molecule has 0 radical (unpaired) electrons. The smallest absolute Gasteiger partial charge is 0.326 e.